The summed E-state index contributed by atoms with van der Waals surface area (Å²) in [6, 6.07) is 11.9. The van der Waals surface area contributed by atoms with E-state index in [-0.39, 0.29) is 17.7 Å². The van der Waals surface area contributed by atoms with E-state index in [0.717, 1.165) is 27.9 Å². The van der Waals surface area contributed by atoms with Gasteiger partial charge in [-0.15, -0.1) is 0 Å². The third-order valence-electron chi connectivity index (χ3n) is 5.29. The van der Waals surface area contributed by atoms with Crippen LogP contribution in [0, 0.1) is 33.6 Å². The van der Waals surface area contributed by atoms with Gasteiger partial charge in [0, 0.05) is 12.2 Å². The number of aryl methyl sites for hydroxylation is 4. The highest BCUT2D eigenvalue weighted by Gasteiger charge is 2.39. The summed E-state index contributed by atoms with van der Waals surface area (Å²) in [5.74, 6) is -0.284. The lowest BCUT2D eigenvalue weighted by molar-refractivity contribution is -0.137. The Bertz CT molecular complexity index is 986. The molecule has 0 aromatic heterocycles. The van der Waals surface area contributed by atoms with Crippen LogP contribution in [0.3, 0.4) is 0 Å². The Morgan fingerprint density at radius 3 is 2.00 bits per heavy atom. The van der Waals surface area contributed by atoms with Gasteiger partial charge in [-0.25, -0.2) is 0 Å². The summed E-state index contributed by atoms with van der Waals surface area (Å²) in [5.41, 5.74) is 6.97. The molecule has 0 unspecified atom stereocenters. The average Bonchev–Trinajstić information content (AvgIpc) is 2.85. The van der Waals surface area contributed by atoms with Gasteiger partial charge in [-0.2, -0.15) is 0 Å². The summed E-state index contributed by atoms with van der Waals surface area (Å²) in [7, 11) is 0. The summed E-state index contributed by atoms with van der Waals surface area (Å²) < 4.78 is 0. The molecule has 146 valence electrons. The van der Waals surface area contributed by atoms with Crippen LogP contribution in [0.2, 0.25) is 0 Å². The van der Waals surface area contributed by atoms with Crippen LogP contribution in [-0.4, -0.2) is 23.3 Å². The number of carbonyl (C=O) groups excluding carboxylic acids is 2. The van der Waals surface area contributed by atoms with Gasteiger partial charge in [0.05, 0.1) is 5.57 Å². The second-order valence-electron chi connectivity index (χ2n) is 8.09. The third kappa shape index (κ3) is 3.72. The van der Waals surface area contributed by atoms with Crippen molar-refractivity contribution in [2.75, 3.05) is 11.9 Å². The summed E-state index contributed by atoms with van der Waals surface area (Å²) >= 11 is 0. The van der Waals surface area contributed by atoms with Crippen LogP contribution >= 0.6 is 0 Å². The number of hydrogen-bond acceptors (Lipinski definition) is 3. The number of hydrogen-bond donors (Lipinski definition) is 1. The molecule has 0 saturated carbocycles. The van der Waals surface area contributed by atoms with Crippen LogP contribution in [0.5, 0.6) is 0 Å². The molecule has 4 nitrogen and oxygen atoms in total. The van der Waals surface area contributed by atoms with Crippen molar-refractivity contribution >= 4 is 23.1 Å². The molecule has 1 aliphatic rings. The zero-order valence-corrected chi connectivity index (χ0v) is 17.5. The standard InChI is InChI=1S/C24H28N2O2/c1-14(2)13-26-23(27)21(19-9-7-15(3)17(5)11-19)22(24(26)28)25-20-10-8-16(4)18(6)12-20/h7-12,14,25H,13H2,1-6H3. The van der Waals surface area contributed by atoms with E-state index in [1.165, 1.54) is 10.5 Å². The van der Waals surface area contributed by atoms with E-state index < -0.39 is 0 Å². The summed E-state index contributed by atoms with van der Waals surface area (Å²) in [6.07, 6.45) is 0. The van der Waals surface area contributed by atoms with Crippen LogP contribution in [0.1, 0.15) is 41.7 Å². The number of nitrogens with zero attached hydrogens (tertiary/aromatic N) is 1. The second-order valence-corrected chi connectivity index (χ2v) is 8.09. The molecule has 0 aliphatic carbocycles. The topological polar surface area (TPSA) is 49.4 Å². The predicted octanol–water partition coefficient (Wildman–Crippen LogP) is 4.77. The highest BCUT2D eigenvalue weighted by Crippen LogP contribution is 2.32. The van der Waals surface area contributed by atoms with Crippen molar-refractivity contribution in [1.29, 1.82) is 0 Å². The lowest BCUT2D eigenvalue weighted by Crippen LogP contribution is -2.35. The van der Waals surface area contributed by atoms with Gasteiger partial charge in [0.25, 0.3) is 11.8 Å². The van der Waals surface area contributed by atoms with Crippen LogP contribution in [0.25, 0.3) is 5.57 Å². The van der Waals surface area contributed by atoms with Crippen molar-refractivity contribution in [3.63, 3.8) is 0 Å². The third-order valence-corrected chi connectivity index (χ3v) is 5.29. The number of carbonyl (C=O) groups is 2. The maximum absolute atomic E-state index is 13.2. The predicted molar refractivity (Wildman–Crippen MR) is 114 cm³/mol. The minimum atomic E-state index is -0.259. The maximum Gasteiger partial charge on any atom is 0.278 e. The first-order valence-corrected chi connectivity index (χ1v) is 9.71. The molecule has 0 saturated heterocycles. The van der Waals surface area contributed by atoms with Crippen LogP contribution < -0.4 is 5.32 Å². The van der Waals surface area contributed by atoms with Crippen molar-refractivity contribution in [2.45, 2.75) is 41.5 Å². The van der Waals surface area contributed by atoms with Gasteiger partial charge in [-0.1, -0.05) is 38.1 Å². The Morgan fingerprint density at radius 2 is 1.43 bits per heavy atom. The largest absolute Gasteiger partial charge is 0.350 e. The average molecular weight is 377 g/mol. The van der Waals surface area contributed by atoms with E-state index in [0.29, 0.717) is 17.8 Å². The second kappa shape index (κ2) is 7.63. The van der Waals surface area contributed by atoms with E-state index in [1.54, 1.807) is 0 Å². The van der Waals surface area contributed by atoms with Gasteiger partial charge in [0.1, 0.15) is 5.70 Å². The molecule has 4 heteroatoms. The van der Waals surface area contributed by atoms with E-state index in [2.05, 4.69) is 5.32 Å². The zero-order chi connectivity index (χ0) is 20.6. The number of amides is 2. The molecule has 0 fully saturated rings. The van der Waals surface area contributed by atoms with E-state index in [1.807, 2.05) is 77.9 Å². The number of nitrogens with one attached hydrogen (secondary N) is 1. The molecule has 28 heavy (non-hydrogen) atoms. The zero-order valence-electron chi connectivity index (χ0n) is 17.5. The van der Waals surface area contributed by atoms with Crippen molar-refractivity contribution in [1.82, 2.24) is 4.90 Å². The summed E-state index contributed by atoms with van der Waals surface area (Å²) in [6.45, 7) is 12.6. The molecule has 2 aromatic carbocycles. The highest BCUT2D eigenvalue weighted by molar-refractivity contribution is 6.36. The van der Waals surface area contributed by atoms with E-state index in [4.69, 9.17) is 0 Å². The number of rotatable bonds is 5. The van der Waals surface area contributed by atoms with Gasteiger partial charge in [0.2, 0.25) is 0 Å². The van der Waals surface area contributed by atoms with E-state index in [9.17, 15) is 9.59 Å². The fraction of sp³-hybridized carbons (Fsp3) is 0.333. The fourth-order valence-corrected chi connectivity index (χ4v) is 3.35. The molecule has 2 aromatic rings. The van der Waals surface area contributed by atoms with Crippen molar-refractivity contribution in [3.8, 4) is 0 Å². The molecule has 0 bridgehead atoms. The number of anilines is 1. The molecule has 0 spiro atoms. The first-order chi connectivity index (χ1) is 13.2. The SMILES string of the molecule is Cc1ccc(NC2=C(c3ccc(C)c(C)c3)C(=O)N(CC(C)C)C2=O)cc1C. The van der Waals surface area contributed by atoms with Crippen LogP contribution in [-0.2, 0) is 9.59 Å². The monoisotopic (exact) mass is 376 g/mol. The van der Waals surface area contributed by atoms with Crippen LogP contribution in [0.4, 0.5) is 5.69 Å². The Balaban J connectivity index is 2.10. The Labute approximate surface area is 167 Å². The van der Waals surface area contributed by atoms with Gasteiger partial charge >= 0.3 is 0 Å². The fourth-order valence-electron chi connectivity index (χ4n) is 3.35. The minimum absolute atomic E-state index is 0.204. The molecule has 1 N–H and O–H groups in total. The van der Waals surface area contributed by atoms with Gasteiger partial charge in [-0.3, -0.25) is 14.5 Å². The van der Waals surface area contributed by atoms with E-state index >= 15 is 0 Å². The smallest absolute Gasteiger partial charge is 0.278 e. The molecule has 1 heterocycles. The highest BCUT2D eigenvalue weighted by atomic mass is 16.2. The Kier molecular flexibility index (Phi) is 5.41. The number of imide groups is 1. The van der Waals surface area contributed by atoms with Crippen LogP contribution in [0.15, 0.2) is 42.1 Å². The summed E-state index contributed by atoms with van der Waals surface area (Å²) in [5, 5.41) is 3.24. The van der Waals surface area contributed by atoms with Gasteiger partial charge < -0.3 is 5.32 Å². The molecular weight excluding hydrogens is 348 g/mol. The lowest BCUT2D eigenvalue weighted by atomic mass is 9.99. The van der Waals surface area contributed by atoms with Crippen molar-refractivity contribution in [2.24, 2.45) is 5.92 Å². The van der Waals surface area contributed by atoms with Gasteiger partial charge in [-0.05, 0) is 73.6 Å². The number of benzene rings is 2. The quantitative estimate of drug-likeness (QED) is 0.765. The van der Waals surface area contributed by atoms with Crippen molar-refractivity contribution < 1.29 is 9.59 Å². The first kappa shape index (κ1) is 19.9. The molecule has 1 aliphatic heterocycles. The molecular formula is C24H28N2O2. The Morgan fingerprint density at radius 1 is 0.821 bits per heavy atom. The maximum atomic E-state index is 13.2. The molecule has 2 amide bonds. The normalized spacial score (nSPS) is 14.5. The van der Waals surface area contributed by atoms with Crippen molar-refractivity contribution in [3.05, 3.63) is 69.9 Å². The molecule has 3 rings (SSSR count). The Hall–Kier alpha value is -2.88. The molecule has 0 radical (unpaired) electrons. The molecule has 0 atom stereocenters. The lowest BCUT2D eigenvalue weighted by Gasteiger charge is -2.17. The minimum Gasteiger partial charge on any atom is -0.350 e. The summed E-state index contributed by atoms with van der Waals surface area (Å²) in [4.78, 5) is 27.7. The first-order valence-electron chi connectivity index (χ1n) is 9.71. The van der Waals surface area contributed by atoms with Gasteiger partial charge in [0.15, 0.2) is 0 Å².